The standard InChI is InChI=1S/C16H17N3O6S/c1-3-17-26(23,24)15-9-11(7-8-14(15)25-2)16(20)18-12-5-4-6-13(10-12)19(21)22/h4-10,17H,3H2,1-2H3,(H,18,20). The third-order valence-corrected chi connectivity index (χ3v) is 4.93. The Morgan fingerprint density at radius 3 is 2.58 bits per heavy atom. The number of hydrogen-bond donors (Lipinski definition) is 2. The van der Waals surface area contributed by atoms with E-state index in [0.29, 0.717) is 0 Å². The van der Waals surface area contributed by atoms with Crippen LogP contribution in [-0.4, -0.2) is 32.9 Å². The van der Waals surface area contributed by atoms with Gasteiger partial charge in [0.2, 0.25) is 10.0 Å². The lowest BCUT2D eigenvalue weighted by molar-refractivity contribution is -0.384. The van der Waals surface area contributed by atoms with Crippen LogP contribution < -0.4 is 14.8 Å². The number of benzene rings is 2. The van der Waals surface area contributed by atoms with Crippen LogP contribution in [0.3, 0.4) is 0 Å². The monoisotopic (exact) mass is 379 g/mol. The van der Waals surface area contributed by atoms with E-state index in [4.69, 9.17) is 4.74 Å². The summed E-state index contributed by atoms with van der Waals surface area (Å²) < 4.78 is 31.9. The molecule has 2 aromatic carbocycles. The summed E-state index contributed by atoms with van der Waals surface area (Å²) in [6.45, 7) is 1.80. The summed E-state index contributed by atoms with van der Waals surface area (Å²) >= 11 is 0. The van der Waals surface area contributed by atoms with Crippen molar-refractivity contribution in [3.8, 4) is 5.75 Å². The molecule has 26 heavy (non-hydrogen) atoms. The molecule has 1 amide bonds. The summed E-state index contributed by atoms with van der Waals surface area (Å²) in [5.74, 6) is -0.515. The van der Waals surface area contributed by atoms with Gasteiger partial charge in [-0.3, -0.25) is 14.9 Å². The molecule has 0 spiro atoms. The van der Waals surface area contributed by atoms with E-state index in [2.05, 4.69) is 10.0 Å². The molecule has 0 saturated heterocycles. The molecule has 0 heterocycles. The molecule has 0 radical (unpaired) electrons. The molecule has 2 N–H and O–H groups in total. The summed E-state index contributed by atoms with van der Waals surface area (Å²) in [5, 5.41) is 13.3. The SMILES string of the molecule is CCNS(=O)(=O)c1cc(C(=O)Nc2cccc([N+](=O)[O-])c2)ccc1OC. The van der Waals surface area contributed by atoms with Crippen molar-refractivity contribution in [3.05, 3.63) is 58.1 Å². The van der Waals surface area contributed by atoms with Crippen LogP contribution in [-0.2, 0) is 10.0 Å². The van der Waals surface area contributed by atoms with E-state index in [1.54, 1.807) is 6.92 Å². The van der Waals surface area contributed by atoms with E-state index in [0.717, 1.165) is 0 Å². The average molecular weight is 379 g/mol. The van der Waals surface area contributed by atoms with Crippen molar-refractivity contribution in [2.24, 2.45) is 0 Å². The first-order chi connectivity index (χ1) is 12.3. The number of nitro benzene ring substituents is 1. The molecule has 10 heteroatoms. The fraction of sp³-hybridized carbons (Fsp3) is 0.188. The number of nitrogens with one attached hydrogen (secondary N) is 2. The highest BCUT2D eigenvalue weighted by Gasteiger charge is 2.21. The molecule has 2 rings (SSSR count). The van der Waals surface area contributed by atoms with Gasteiger partial charge in [0.1, 0.15) is 10.6 Å². The molecular weight excluding hydrogens is 362 g/mol. The number of nitro groups is 1. The number of non-ortho nitro benzene ring substituents is 1. The molecule has 0 bridgehead atoms. The number of carbonyl (C=O) groups excluding carboxylic acids is 1. The van der Waals surface area contributed by atoms with Crippen LogP contribution in [0.15, 0.2) is 47.4 Å². The molecule has 0 aliphatic carbocycles. The lowest BCUT2D eigenvalue weighted by Crippen LogP contribution is -2.24. The number of anilines is 1. The zero-order valence-corrected chi connectivity index (χ0v) is 14.9. The first-order valence-electron chi connectivity index (χ1n) is 7.52. The van der Waals surface area contributed by atoms with Gasteiger partial charge in [0, 0.05) is 29.9 Å². The molecule has 0 saturated carbocycles. The second kappa shape index (κ2) is 7.93. The van der Waals surface area contributed by atoms with E-state index in [1.165, 1.54) is 49.6 Å². The zero-order valence-electron chi connectivity index (χ0n) is 14.1. The normalized spacial score (nSPS) is 11.0. The van der Waals surface area contributed by atoms with Gasteiger partial charge in [-0.1, -0.05) is 13.0 Å². The van der Waals surface area contributed by atoms with Gasteiger partial charge in [0.25, 0.3) is 11.6 Å². The third-order valence-electron chi connectivity index (χ3n) is 3.36. The summed E-state index contributed by atoms with van der Waals surface area (Å²) in [5.41, 5.74) is 0.109. The van der Waals surface area contributed by atoms with Gasteiger partial charge in [-0.05, 0) is 24.3 Å². The molecule has 0 aliphatic rings. The second-order valence-electron chi connectivity index (χ2n) is 5.13. The molecule has 0 atom stereocenters. The summed E-state index contributed by atoms with van der Waals surface area (Å²) in [6, 6.07) is 9.38. The van der Waals surface area contributed by atoms with Crippen molar-refractivity contribution in [2.75, 3.05) is 19.0 Å². The molecule has 0 unspecified atom stereocenters. The molecule has 138 valence electrons. The topological polar surface area (TPSA) is 128 Å². The minimum Gasteiger partial charge on any atom is -0.495 e. The summed E-state index contributed by atoms with van der Waals surface area (Å²) in [7, 11) is -2.52. The Morgan fingerprint density at radius 1 is 1.23 bits per heavy atom. The Hall–Kier alpha value is -2.98. The lowest BCUT2D eigenvalue weighted by Gasteiger charge is -2.12. The maximum atomic E-state index is 12.4. The van der Waals surface area contributed by atoms with Gasteiger partial charge in [0.15, 0.2) is 0 Å². The molecule has 0 fully saturated rings. The van der Waals surface area contributed by atoms with Crippen LogP contribution in [0.25, 0.3) is 0 Å². The highest BCUT2D eigenvalue weighted by Crippen LogP contribution is 2.25. The van der Waals surface area contributed by atoms with E-state index < -0.39 is 20.9 Å². The number of carbonyl (C=O) groups is 1. The molecule has 0 aliphatic heterocycles. The number of nitrogens with zero attached hydrogens (tertiary/aromatic N) is 1. The number of hydrogen-bond acceptors (Lipinski definition) is 6. The van der Waals surface area contributed by atoms with E-state index in [9.17, 15) is 23.3 Å². The Balaban J connectivity index is 2.35. The van der Waals surface area contributed by atoms with E-state index in [-0.39, 0.29) is 34.1 Å². The highest BCUT2D eigenvalue weighted by atomic mass is 32.2. The van der Waals surface area contributed by atoms with Crippen molar-refractivity contribution >= 4 is 27.3 Å². The first-order valence-corrected chi connectivity index (χ1v) is 9.00. The highest BCUT2D eigenvalue weighted by molar-refractivity contribution is 7.89. The number of amides is 1. The van der Waals surface area contributed by atoms with Gasteiger partial charge in [-0.2, -0.15) is 0 Å². The maximum Gasteiger partial charge on any atom is 0.271 e. The number of rotatable bonds is 7. The van der Waals surface area contributed by atoms with Gasteiger partial charge < -0.3 is 10.1 Å². The summed E-state index contributed by atoms with van der Waals surface area (Å²) in [4.78, 5) is 22.4. The number of sulfonamides is 1. The number of methoxy groups -OCH3 is 1. The zero-order chi connectivity index (χ0) is 19.3. The van der Waals surface area contributed by atoms with Crippen molar-refractivity contribution in [1.82, 2.24) is 4.72 Å². The molecule has 2 aromatic rings. The van der Waals surface area contributed by atoms with E-state index >= 15 is 0 Å². The van der Waals surface area contributed by atoms with Crippen LogP contribution in [0, 0.1) is 10.1 Å². The first kappa shape index (κ1) is 19.3. The van der Waals surface area contributed by atoms with Gasteiger partial charge in [-0.25, -0.2) is 13.1 Å². The predicted molar refractivity (Wildman–Crippen MR) is 94.9 cm³/mol. The molecular formula is C16H17N3O6S. The van der Waals surface area contributed by atoms with Gasteiger partial charge in [-0.15, -0.1) is 0 Å². The second-order valence-corrected chi connectivity index (χ2v) is 6.86. The van der Waals surface area contributed by atoms with Crippen LogP contribution in [0.5, 0.6) is 5.75 Å². The van der Waals surface area contributed by atoms with E-state index in [1.807, 2.05) is 0 Å². The Labute approximate surface area is 150 Å². The fourth-order valence-corrected chi connectivity index (χ4v) is 3.43. The third kappa shape index (κ3) is 4.35. The molecule has 0 aromatic heterocycles. The van der Waals surface area contributed by atoms with Gasteiger partial charge >= 0.3 is 0 Å². The maximum absolute atomic E-state index is 12.4. The van der Waals surface area contributed by atoms with Crippen LogP contribution in [0.1, 0.15) is 17.3 Å². The van der Waals surface area contributed by atoms with Gasteiger partial charge in [0.05, 0.1) is 12.0 Å². The lowest BCUT2D eigenvalue weighted by atomic mass is 10.2. The quantitative estimate of drug-likeness (QED) is 0.560. The average Bonchev–Trinajstić information content (AvgIpc) is 2.61. The van der Waals surface area contributed by atoms with Crippen molar-refractivity contribution < 1.29 is 22.9 Å². The van der Waals surface area contributed by atoms with Crippen molar-refractivity contribution in [3.63, 3.8) is 0 Å². The minimum absolute atomic E-state index is 0.0637. The van der Waals surface area contributed by atoms with Crippen LogP contribution in [0.4, 0.5) is 11.4 Å². The minimum atomic E-state index is -3.84. The van der Waals surface area contributed by atoms with Crippen LogP contribution >= 0.6 is 0 Å². The Bertz CT molecular complexity index is 943. The largest absolute Gasteiger partial charge is 0.495 e. The predicted octanol–water partition coefficient (Wildman–Crippen LogP) is 2.15. The summed E-state index contributed by atoms with van der Waals surface area (Å²) in [6.07, 6.45) is 0. The smallest absolute Gasteiger partial charge is 0.271 e. The Kier molecular flexibility index (Phi) is 5.90. The Morgan fingerprint density at radius 2 is 1.96 bits per heavy atom. The number of ether oxygens (including phenoxy) is 1. The van der Waals surface area contributed by atoms with Crippen LogP contribution in [0.2, 0.25) is 0 Å². The van der Waals surface area contributed by atoms with Crippen molar-refractivity contribution in [1.29, 1.82) is 0 Å². The van der Waals surface area contributed by atoms with Crippen molar-refractivity contribution in [2.45, 2.75) is 11.8 Å². The fourth-order valence-electron chi connectivity index (χ4n) is 2.20. The molecule has 9 nitrogen and oxygen atoms in total.